The molecule has 0 saturated carbocycles. The molecule has 0 aromatic carbocycles. The van der Waals surface area contributed by atoms with Gasteiger partial charge in [-0.15, -0.1) is 0 Å². The van der Waals surface area contributed by atoms with Crippen LogP contribution in [0.5, 0.6) is 0 Å². The zero-order valence-electron chi connectivity index (χ0n) is 9.47. The fourth-order valence-corrected chi connectivity index (χ4v) is 1.13. The van der Waals surface area contributed by atoms with Crippen molar-refractivity contribution in [1.29, 1.82) is 0 Å². The molecule has 0 aromatic rings. The van der Waals surface area contributed by atoms with Crippen molar-refractivity contribution >= 4 is 5.97 Å². The Bertz CT molecular complexity index is 234. The Balaban J connectivity index is 4.01. The van der Waals surface area contributed by atoms with E-state index in [-0.39, 0.29) is 6.42 Å². The highest BCUT2D eigenvalue weighted by molar-refractivity contribution is 5.70. The normalized spacial score (nSPS) is 14.0. The molecule has 0 spiro atoms. The van der Waals surface area contributed by atoms with E-state index in [1.165, 1.54) is 0 Å². The van der Waals surface area contributed by atoms with Gasteiger partial charge in [-0.1, -0.05) is 19.8 Å². The van der Waals surface area contributed by atoms with E-state index in [2.05, 4.69) is 4.74 Å². The number of aliphatic carboxylic acids is 1. The second-order valence-corrected chi connectivity index (χ2v) is 3.75. The fourth-order valence-electron chi connectivity index (χ4n) is 1.13. The van der Waals surface area contributed by atoms with Gasteiger partial charge in [0.15, 0.2) is 0 Å². The standard InChI is InChI=1S/C10H16F4O3/c1-2-3-4-7(8(15)16)5-17-6-10(13,14)9(11)12/h7,9H,2-6H2,1H3,(H,15,16)/t7-/m0/s1. The molecule has 3 nitrogen and oxygen atoms in total. The average Bonchev–Trinajstić information content (AvgIpc) is 2.22. The quantitative estimate of drug-likeness (QED) is 0.648. The first-order valence-corrected chi connectivity index (χ1v) is 5.27. The third kappa shape index (κ3) is 6.45. The minimum atomic E-state index is -4.23. The Labute approximate surface area is 96.8 Å². The summed E-state index contributed by atoms with van der Waals surface area (Å²) in [6.07, 6.45) is -2.14. The highest BCUT2D eigenvalue weighted by Gasteiger charge is 2.41. The lowest BCUT2D eigenvalue weighted by molar-refractivity contribution is -0.171. The lowest BCUT2D eigenvalue weighted by Crippen LogP contribution is -2.34. The minimum Gasteiger partial charge on any atom is -0.481 e. The minimum absolute atomic E-state index is 0.284. The van der Waals surface area contributed by atoms with Crippen LogP contribution in [-0.4, -0.2) is 36.6 Å². The monoisotopic (exact) mass is 260 g/mol. The van der Waals surface area contributed by atoms with Gasteiger partial charge < -0.3 is 9.84 Å². The third-order valence-corrected chi connectivity index (χ3v) is 2.19. The third-order valence-electron chi connectivity index (χ3n) is 2.19. The number of hydrogen-bond donors (Lipinski definition) is 1. The predicted molar refractivity (Wildman–Crippen MR) is 52.4 cm³/mol. The molecule has 0 radical (unpaired) electrons. The molecule has 0 amide bonds. The fraction of sp³-hybridized carbons (Fsp3) is 0.900. The van der Waals surface area contributed by atoms with E-state index in [1.54, 1.807) is 0 Å². The number of carboxylic acid groups (broad SMARTS) is 1. The van der Waals surface area contributed by atoms with Crippen LogP contribution in [0.1, 0.15) is 26.2 Å². The molecule has 0 fully saturated rings. The molecular formula is C10H16F4O3. The number of unbranched alkanes of at least 4 members (excludes halogenated alkanes) is 1. The molecule has 0 aliphatic carbocycles. The average molecular weight is 260 g/mol. The Morgan fingerprint density at radius 2 is 2.00 bits per heavy atom. The van der Waals surface area contributed by atoms with E-state index >= 15 is 0 Å². The Kier molecular flexibility index (Phi) is 7.10. The van der Waals surface area contributed by atoms with Gasteiger partial charge >= 0.3 is 18.3 Å². The number of halogens is 4. The number of alkyl halides is 4. The summed E-state index contributed by atoms with van der Waals surface area (Å²) in [5.41, 5.74) is 0. The van der Waals surface area contributed by atoms with E-state index in [0.29, 0.717) is 6.42 Å². The van der Waals surface area contributed by atoms with Crippen LogP contribution in [0, 0.1) is 5.92 Å². The van der Waals surface area contributed by atoms with Crippen molar-refractivity contribution in [2.24, 2.45) is 5.92 Å². The lowest BCUT2D eigenvalue weighted by Gasteiger charge is -2.17. The molecule has 0 aliphatic rings. The number of ether oxygens (including phenoxy) is 1. The van der Waals surface area contributed by atoms with Gasteiger partial charge in [0.05, 0.1) is 12.5 Å². The Hall–Kier alpha value is -0.850. The van der Waals surface area contributed by atoms with E-state index in [0.717, 1.165) is 6.42 Å². The first-order chi connectivity index (χ1) is 7.81. The smallest absolute Gasteiger partial charge is 0.330 e. The molecule has 17 heavy (non-hydrogen) atoms. The zero-order chi connectivity index (χ0) is 13.5. The molecule has 0 saturated heterocycles. The molecule has 1 atom stereocenters. The molecule has 102 valence electrons. The molecule has 0 rings (SSSR count). The first kappa shape index (κ1) is 16.1. The summed E-state index contributed by atoms with van der Waals surface area (Å²) in [6, 6.07) is 0. The first-order valence-electron chi connectivity index (χ1n) is 5.27. The van der Waals surface area contributed by atoms with E-state index in [9.17, 15) is 22.4 Å². The highest BCUT2D eigenvalue weighted by Crippen LogP contribution is 2.23. The van der Waals surface area contributed by atoms with E-state index in [1.807, 2.05) is 6.92 Å². The van der Waals surface area contributed by atoms with Crippen molar-refractivity contribution in [2.75, 3.05) is 13.2 Å². The predicted octanol–water partition coefficient (Wildman–Crippen LogP) is 2.79. The van der Waals surface area contributed by atoms with Crippen molar-refractivity contribution in [3.05, 3.63) is 0 Å². The largest absolute Gasteiger partial charge is 0.481 e. The number of carboxylic acids is 1. The van der Waals surface area contributed by atoms with Crippen LogP contribution in [-0.2, 0) is 9.53 Å². The van der Waals surface area contributed by atoms with Crippen molar-refractivity contribution in [3.63, 3.8) is 0 Å². The van der Waals surface area contributed by atoms with Crippen LogP contribution in [0.15, 0.2) is 0 Å². The van der Waals surface area contributed by atoms with E-state index < -0.39 is 37.4 Å². The van der Waals surface area contributed by atoms with Gasteiger partial charge in [-0.2, -0.15) is 8.78 Å². The second kappa shape index (κ2) is 7.47. The second-order valence-electron chi connectivity index (χ2n) is 3.75. The lowest BCUT2D eigenvalue weighted by atomic mass is 10.0. The molecule has 0 bridgehead atoms. The van der Waals surface area contributed by atoms with Crippen LogP contribution in [0.25, 0.3) is 0 Å². The van der Waals surface area contributed by atoms with Crippen molar-refractivity contribution in [1.82, 2.24) is 0 Å². The molecule has 7 heteroatoms. The van der Waals surface area contributed by atoms with Crippen LogP contribution in [0.3, 0.4) is 0 Å². The molecular weight excluding hydrogens is 244 g/mol. The van der Waals surface area contributed by atoms with Crippen LogP contribution in [0.4, 0.5) is 17.6 Å². The molecule has 0 unspecified atom stereocenters. The topological polar surface area (TPSA) is 46.5 Å². The van der Waals surface area contributed by atoms with E-state index in [4.69, 9.17) is 5.11 Å². The summed E-state index contributed by atoms with van der Waals surface area (Å²) < 4.78 is 52.7. The number of carbonyl (C=O) groups is 1. The summed E-state index contributed by atoms with van der Waals surface area (Å²) in [4.78, 5) is 10.7. The van der Waals surface area contributed by atoms with Crippen LogP contribution >= 0.6 is 0 Å². The summed E-state index contributed by atoms with van der Waals surface area (Å²) >= 11 is 0. The van der Waals surface area contributed by atoms with Gasteiger partial charge in [0, 0.05) is 0 Å². The summed E-state index contributed by atoms with van der Waals surface area (Å²) in [7, 11) is 0. The van der Waals surface area contributed by atoms with Crippen molar-refractivity contribution in [2.45, 2.75) is 38.5 Å². The number of rotatable bonds is 9. The summed E-state index contributed by atoms with van der Waals surface area (Å²) in [6.45, 7) is -0.0804. The maximum absolute atomic E-state index is 12.4. The Morgan fingerprint density at radius 3 is 2.41 bits per heavy atom. The number of hydrogen-bond acceptors (Lipinski definition) is 2. The van der Waals surface area contributed by atoms with Gasteiger partial charge in [-0.3, -0.25) is 4.79 Å². The van der Waals surface area contributed by atoms with Gasteiger partial charge in [0.2, 0.25) is 0 Å². The summed E-state index contributed by atoms with van der Waals surface area (Å²) in [5, 5.41) is 8.72. The van der Waals surface area contributed by atoms with Gasteiger partial charge in [0.1, 0.15) is 6.61 Å². The SMILES string of the molecule is CCCC[C@@H](COCC(F)(F)C(F)F)C(=O)O. The van der Waals surface area contributed by atoms with Gasteiger partial charge in [-0.25, -0.2) is 8.78 Å². The van der Waals surface area contributed by atoms with Crippen molar-refractivity contribution < 1.29 is 32.2 Å². The molecule has 0 aliphatic heterocycles. The van der Waals surface area contributed by atoms with Crippen LogP contribution < -0.4 is 0 Å². The molecule has 0 aromatic heterocycles. The molecule has 0 heterocycles. The van der Waals surface area contributed by atoms with Crippen molar-refractivity contribution in [3.8, 4) is 0 Å². The summed E-state index contributed by atoms with van der Waals surface area (Å²) in [5.74, 6) is -6.32. The highest BCUT2D eigenvalue weighted by atomic mass is 19.3. The van der Waals surface area contributed by atoms with Gasteiger partial charge in [-0.05, 0) is 6.42 Å². The van der Waals surface area contributed by atoms with Gasteiger partial charge in [0.25, 0.3) is 0 Å². The maximum Gasteiger partial charge on any atom is 0.330 e. The van der Waals surface area contributed by atoms with Crippen LogP contribution in [0.2, 0.25) is 0 Å². The zero-order valence-corrected chi connectivity index (χ0v) is 9.47. The Morgan fingerprint density at radius 1 is 1.41 bits per heavy atom. The maximum atomic E-state index is 12.4. The molecule has 1 N–H and O–H groups in total.